The Hall–Kier alpha value is -4.41. The molecular formula is C35H32O4. The highest BCUT2D eigenvalue weighted by atomic mass is 16.5. The van der Waals surface area contributed by atoms with Crippen molar-refractivity contribution in [3.63, 3.8) is 0 Å². The average Bonchev–Trinajstić information content (AvgIpc) is 3.00. The summed E-state index contributed by atoms with van der Waals surface area (Å²) in [4.78, 5) is 14.1. The van der Waals surface area contributed by atoms with Crippen molar-refractivity contribution in [2.45, 2.75) is 17.9 Å². The van der Waals surface area contributed by atoms with Crippen LogP contribution in [0.5, 0.6) is 11.5 Å². The highest BCUT2D eigenvalue weighted by Gasteiger charge is 2.48. The molecule has 1 aliphatic rings. The van der Waals surface area contributed by atoms with Crippen LogP contribution >= 0.6 is 0 Å². The maximum absolute atomic E-state index is 14.1. The normalized spacial score (nSPS) is 20.8. The van der Waals surface area contributed by atoms with E-state index in [4.69, 9.17) is 9.47 Å². The number of ketones is 1. The molecule has 5 rings (SSSR count). The van der Waals surface area contributed by atoms with E-state index in [-0.39, 0.29) is 11.7 Å². The van der Waals surface area contributed by atoms with Crippen LogP contribution in [-0.4, -0.2) is 25.1 Å². The topological polar surface area (TPSA) is 55.8 Å². The molecule has 1 aliphatic carbocycles. The fourth-order valence-electron chi connectivity index (χ4n) is 5.47. The molecule has 0 amide bonds. The molecule has 0 heterocycles. The second-order valence-corrected chi connectivity index (χ2v) is 9.80. The summed E-state index contributed by atoms with van der Waals surface area (Å²) in [5.74, 6) is 0.322. The minimum Gasteiger partial charge on any atom is -0.497 e. The zero-order valence-electron chi connectivity index (χ0n) is 22.2. The number of aliphatic hydroxyl groups is 1. The van der Waals surface area contributed by atoms with E-state index in [0.717, 1.165) is 28.0 Å². The molecule has 3 atom stereocenters. The number of hydrogen-bond donors (Lipinski definition) is 1. The van der Waals surface area contributed by atoms with Gasteiger partial charge in [-0.1, -0.05) is 91.0 Å². The third kappa shape index (κ3) is 5.57. The van der Waals surface area contributed by atoms with Crippen LogP contribution in [0.4, 0.5) is 0 Å². The Morgan fingerprint density at radius 2 is 1.36 bits per heavy atom. The lowest BCUT2D eigenvalue weighted by atomic mass is 9.63. The van der Waals surface area contributed by atoms with Crippen LogP contribution < -0.4 is 9.47 Å². The Bertz CT molecular complexity index is 1460. The number of hydrogen-bond acceptors (Lipinski definition) is 4. The van der Waals surface area contributed by atoms with Crippen molar-refractivity contribution in [1.82, 2.24) is 0 Å². The number of methoxy groups -OCH3 is 2. The third-order valence-electron chi connectivity index (χ3n) is 7.50. The summed E-state index contributed by atoms with van der Waals surface area (Å²) in [6.07, 6.45) is 5.90. The Morgan fingerprint density at radius 3 is 1.95 bits per heavy atom. The van der Waals surface area contributed by atoms with Crippen LogP contribution in [0.2, 0.25) is 0 Å². The van der Waals surface area contributed by atoms with E-state index < -0.39 is 11.5 Å². The maximum atomic E-state index is 14.1. The second kappa shape index (κ2) is 11.5. The molecule has 4 aromatic carbocycles. The van der Waals surface area contributed by atoms with Crippen molar-refractivity contribution in [2.24, 2.45) is 5.92 Å². The predicted molar refractivity (Wildman–Crippen MR) is 156 cm³/mol. The summed E-state index contributed by atoms with van der Waals surface area (Å²) in [5.41, 5.74) is 2.98. The first-order valence-corrected chi connectivity index (χ1v) is 13.1. The number of carbonyl (C=O) groups excluding carboxylic acids is 1. The van der Waals surface area contributed by atoms with Crippen LogP contribution in [0.15, 0.2) is 121 Å². The molecule has 0 bridgehead atoms. The van der Waals surface area contributed by atoms with Gasteiger partial charge < -0.3 is 14.6 Å². The van der Waals surface area contributed by atoms with Crippen LogP contribution in [0.1, 0.15) is 34.6 Å². The molecule has 4 aromatic rings. The van der Waals surface area contributed by atoms with Crippen molar-refractivity contribution in [2.75, 3.05) is 14.2 Å². The van der Waals surface area contributed by atoms with Crippen molar-refractivity contribution >= 4 is 17.4 Å². The number of benzene rings is 4. The summed E-state index contributed by atoms with van der Waals surface area (Å²) in [6, 6.07) is 34.9. The lowest BCUT2D eigenvalue weighted by Crippen LogP contribution is -2.44. The van der Waals surface area contributed by atoms with E-state index in [9.17, 15) is 9.90 Å². The van der Waals surface area contributed by atoms with E-state index in [2.05, 4.69) is 0 Å². The molecule has 0 saturated heterocycles. The van der Waals surface area contributed by atoms with Gasteiger partial charge in [-0.25, -0.2) is 0 Å². The van der Waals surface area contributed by atoms with Gasteiger partial charge in [0, 0.05) is 5.92 Å². The van der Waals surface area contributed by atoms with E-state index in [0.29, 0.717) is 17.7 Å². The monoisotopic (exact) mass is 516 g/mol. The quantitative estimate of drug-likeness (QED) is 0.255. The lowest BCUT2D eigenvalue weighted by molar-refractivity contribution is -0.127. The summed E-state index contributed by atoms with van der Waals surface area (Å²) in [7, 11) is 3.25. The Morgan fingerprint density at radius 1 is 0.795 bits per heavy atom. The molecule has 196 valence electrons. The van der Waals surface area contributed by atoms with Gasteiger partial charge in [0.05, 0.1) is 20.1 Å². The van der Waals surface area contributed by atoms with E-state index >= 15 is 0 Å². The second-order valence-electron chi connectivity index (χ2n) is 9.80. The van der Waals surface area contributed by atoms with Crippen molar-refractivity contribution in [3.8, 4) is 11.5 Å². The molecule has 0 saturated carbocycles. The van der Waals surface area contributed by atoms with Crippen LogP contribution in [0, 0.1) is 5.92 Å². The van der Waals surface area contributed by atoms with E-state index in [1.165, 1.54) is 0 Å². The van der Waals surface area contributed by atoms with Gasteiger partial charge in [-0.2, -0.15) is 0 Å². The minimum atomic E-state index is -1.56. The first kappa shape index (κ1) is 26.2. The zero-order chi connectivity index (χ0) is 27.2. The summed E-state index contributed by atoms with van der Waals surface area (Å²) in [6.45, 7) is 0. The van der Waals surface area contributed by atoms with Crippen LogP contribution in [-0.2, 0) is 10.4 Å². The first-order valence-electron chi connectivity index (χ1n) is 13.1. The van der Waals surface area contributed by atoms with Gasteiger partial charge in [0.25, 0.3) is 0 Å². The molecule has 4 nitrogen and oxygen atoms in total. The Balaban J connectivity index is 1.67. The molecule has 0 aliphatic heterocycles. The first-order chi connectivity index (χ1) is 19.0. The van der Waals surface area contributed by atoms with E-state index in [1.807, 2.05) is 121 Å². The molecule has 0 radical (unpaired) electrons. The molecule has 0 unspecified atom stereocenters. The van der Waals surface area contributed by atoms with Gasteiger partial charge in [0.2, 0.25) is 0 Å². The summed E-state index contributed by atoms with van der Waals surface area (Å²) in [5, 5.41) is 12.6. The van der Waals surface area contributed by atoms with Crippen molar-refractivity contribution in [1.29, 1.82) is 0 Å². The van der Waals surface area contributed by atoms with Gasteiger partial charge in [0.1, 0.15) is 17.1 Å². The predicted octanol–water partition coefficient (Wildman–Crippen LogP) is 7.06. The lowest BCUT2D eigenvalue weighted by Gasteiger charge is -2.43. The van der Waals surface area contributed by atoms with Crippen molar-refractivity contribution in [3.05, 3.63) is 144 Å². The summed E-state index contributed by atoms with van der Waals surface area (Å²) >= 11 is 0. The van der Waals surface area contributed by atoms with E-state index in [1.54, 1.807) is 20.3 Å². The largest absolute Gasteiger partial charge is 0.497 e. The van der Waals surface area contributed by atoms with Gasteiger partial charge in [0.15, 0.2) is 5.78 Å². The SMILES string of the molecule is COc1ccc(C2=C[C@](O)(c3ccc(OC)cc3)[C@H](C(=O)C=Cc3ccccc3)[C@H](c3ccccc3)C2)cc1. The van der Waals surface area contributed by atoms with Gasteiger partial charge in [-0.15, -0.1) is 0 Å². The van der Waals surface area contributed by atoms with Crippen molar-refractivity contribution < 1.29 is 19.4 Å². The number of rotatable bonds is 8. The average molecular weight is 517 g/mol. The molecule has 4 heteroatoms. The van der Waals surface area contributed by atoms with Gasteiger partial charge in [-0.3, -0.25) is 4.79 Å². The van der Waals surface area contributed by atoms with Gasteiger partial charge in [-0.05, 0) is 70.7 Å². The van der Waals surface area contributed by atoms with Crippen LogP contribution in [0.25, 0.3) is 11.6 Å². The fourth-order valence-corrected chi connectivity index (χ4v) is 5.47. The number of allylic oxidation sites excluding steroid dienone is 2. The highest BCUT2D eigenvalue weighted by molar-refractivity contribution is 5.98. The molecular weight excluding hydrogens is 484 g/mol. The smallest absolute Gasteiger partial charge is 0.162 e. The Kier molecular flexibility index (Phi) is 7.76. The third-order valence-corrected chi connectivity index (χ3v) is 7.50. The summed E-state index contributed by atoms with van der Waals surface area (Å²) < 4.78 is 10.7. The maximum Gasteiger partial charge on any atom is 0.162 e. The number of carbonyl (C=O) groups is 1. The molecule has 0 spiro atoms. The number of ether oxygens (including phenoxy) is 2. The van der Waals surface area contributed by atoms with Crippen LogP contribution in [0.3, 0.4) is 0 Å². The zero-order valence-corrected chi connectivity index (χ0v) is 22.2. The molecule has 1 N–H and O–H groups in total. The van der Waals surface area contributed by atoms with Gasteiger partial charge >= 0.3 is 0 Å². The minimum absolute atomic E-state index is 0.129. The molecule has 0 fully saturated rings. The Labute approximate surface area is 229 Å². The fraction of sp³-hybridized carbons (Fsp3) is 0.171. The highest BCUT2D eigenvalue weighted by Crippen LogP contribution is 2.51. The molecule has 39 heavy (non-hydrogen) atoms. The standard InChI is InChI=1S/C35H32O4/c1-38-30-18-14-26(15-19-30)28-23-32(27-11-7-4-8-12-27)34(33(36)22-13-25-9-5-3-6-10-25)35(37,24-28)29-16-20-31(39-2)21-17-29/h3-22,24,32,34,37H,23H2,1-2H3/t32-,34-,35-/m0/s1. The molecule has 0 aromatic heterocycles.